The zero-order chi connectivity index (χ0) is 25.5. The van der Waals surface area contributed by atoms with E-state index in [0.717, 1.165) is 22.3 Å². The van der Waals surface area contributed by atoms with E-state index in [1.807, 2.05) is 38.1 Å². The van der Waals surface area contributed by atoms with Crippen LogP contribution in [0.25, 0.3) is 11.1 Å². The van der Waals surface area contributed by atoms with Crippen molar-refractivity contribution in [1.29, 1.82) is 0 Å². The van der Waals surface area contributed by atoms with Crippen LogP contribution >= 0.6 is 0 Å². The minimum Gasteiger partial charge on any atom is -0.480 e. The largest absolute Gasteiger partial charge is 0.480 e. The lowest BCUT2D eigenvalue weighted by Crippen LogP contribution is -2.48. The van der Waals surface area contributed by atoms with Crippen LogP contribution in [-0.2, 0) is 14.3 Å². The molecule has 0 fully saturated rings. The highest BCUT2D eigenvalue weighted by Crippen LogP contribution is 2.44. The standard InChI is InChI=1S/C27H35N3O5/c1-17(2)18(13-25(31)29-24(26(32)33)15-30(3)4)14-28-27(34)35-16-23-21-11-7-5-9-19(21)20-10-6-8-12-22(20)23/h5-12,17-18,23-24H,13-16H2,1-4H3,(H,28,34)(H,29,31)(H,32,33). The second-order valence-electron chi connectivity index (χ2n) is 9.64. The van der Waals surface area contributed by atoms with E-state index in [-0.39, 0.29) is 49.8 Å². The molecule has 8 nitrogen and oxygen atoms in total. The molecule has 2 atom stereocenters. The molecule has 1 aliphatic carbocycles. The van der Waals surface area contributed by atoms with Crippen LogP contribution in [0.1, 0.15) is 37.3 Å². The van der Waals surface area contributed by atoms with E-state index in [2.05, 4.69) is 34.9 Å². The van der Waals surface area contributed by atoms with E-state index in [1.165, 1.54) is 0 Å². The van der Waals surface area contributed by atoms with E-state index < -0.39 is 18.1 Å². The highest BCUT2D eigenvalue weighted by molar-refractivity contribution is 5.84. The molecular weight excluding hydrogens is 446 g/mol. The van der Waals surface area contributed by atoms with Gasteiger partial charge in [0.2, 0.25) is 5.91 Å². The smallest absolute Gasteiger partial charge is 0.407 e. The number of alkyl carbamates (subject to hydrolysis) is 1. The number of benzene rings is 2. The van der Waals surface area contributed by atoms with Crippen LogP contribution in [-0.4, -0.2) is 67.8 Å². The summed E-state index contributed by atoms with van der Waals surface area (Å²) in [6.07, 6.45) is -0.424. The number of hydrogen-bond acceptors (Lipinski definition) is 5. The molecule has 3 N–H and O–H groups in total. The molecule has 35 heavy (non-hydrogen) atoms. The number of hydrogen-bond donors (Lipinski definition) is 3. The first-order chi connectivity index (χ1) is 16.7. The molecule has 188 valence electrons. The van der Waals surface area contributed by atoms with Gasteiger partial charge in [-0.25, -0.2) is 9.59 Å². The number of carboxylic acid groups (broad SMARTS) is 1. The molecule has 0 saturated heterocycles. The van der Waals surface area contributed by atoms with Crippen LogP contribution in [0.15, 0.2) is 48.5 Å². The van der Waals surface area contributed by atoms with Gasteiger partial charge in [0.1, 0.15) is 12.6 Å². The SMILES string of the molecule is CC(C)C(CNC(=O)OCC1c2ccccc2-c2ccccc21)CC(=O)NC(CN(C)C)C(=O)O. The zero-order valence-corrected chi connectivity index (χ0v) is 20.8. The molecule has 1 aliphatic rings. The third-order valence-electron chi connectivity index (χ3n) is 6.42. The number of likely N-dealkylation sites (N-methyl/N-ethyl adjacent to an activating group) is 1. The van der Waals surface area contributed by atoms with Gasteiger partial charge in [-0.3, -0.25) is 4.79 Å². The molecule has 2 unspecified atom stereocenters. The fraction of sp³-hybridized carbons (Fsp3) is 0.444. The molecule has 3 rings (SSSR count). The summed E-state index contributed by atoms with van der Waals surface area (Å²) in [6, 6.07) is 15.3. The first kappa shape index (κ1) is 26.2. The van der Waals surface area contributed by atoms with Gasteiger partial charge in [0.15, 0.2) is 0 Å². The van der Waals surface area contributed by atoms with Gasteiger partial charge in [-0.1, -0.05) is 62.4 Å². The number of nitrogens with one attached hydrogen (secondary N) is 2. The van der Waals surface area contributed by atoms with E-state index in [4.69, 9.17) is 4.74 Å². The van der Waals surface area contributed by atoms with Crippen LogP contribution in [0.2, 0.25) is 0 Å². The van der Waals surface area contributed by atoms with Crippen molar-refractivity contribution in [1.82, 2.24) is 15.5 Å². The number of aliphatic carboxylic acids is 1. The Bertz CT molecular complexity index is 1010. The number of rotatable bonds is 11. The van der Waals surface area contributed by atoms with Gasteiger partial charge < -0.3 is 25.4 Å². The van der Waals surface area contributed by atoms with Crippen molar-refractivity contribution in [3.63, 3.8) is 0 Å². The average Bonchev–Trinajstić information content (AvgIpc) is 3.13. The molecule has 0 spiro atoms. The fourth-order valence-corrected chi connectivity index (χ4v) is 4.45. The van der Waals surface area contributed by atoms with Gasteiger partial charge in [-0.2, -0.15) is 0 Å². The van der Waals surface area contributed by atoms with Gasteiger partial charge in [-0.05, 0) is 48.2 Å². The van der Waals surface area contributed by atoms with Gasteiger partial charge in [-0.15, -0.1) is 0 Å². The van der Waals surface area contributed by atoms with Gasteiger partial charge >= 0.3 is 12.1 Å². The van der Waals surface area contributed by atoms with Crippen molar-refractivity contribution in [3.8, 4) is 11.1 Å². The summed E-state index contributed by atoms with van der Waals surface area (Å²) in [5.41, 5.74) is 4.61. The number of carbonyl (C=O) groups is 3. The summed E-state index contributed by atoms with van der Waals surface area (Å²) in [5.74, 6) is -1.52. The Labute approximate surface area is 206 Å². The number of fused-ring (bicyclic) bond motifs is 3. The Hall–Kier alpha value is -3.39. The highest BCUT2D eigenvalue weighted by atomic mass is 16.5. The van der Waals surface area contributed by atoms with Crippen molar-refractivity contribution in [2.75, 3.05) is 33.8 Å². The van der Waals surface area contributed by atoms with Crippen molar-refractivity contribution in [2.24, 2.45) is 11.8 Å². The molecule has 0 aliphatic heterocycles. The number of nitrogens with zero attached hydrogens (tertiary/aromatic N) is 1. The summed E-state index contributed by atoms with van der Waals surface area (Å²) in [5, 5.41) is 14.7. The maximum atomic E-state index is 12.5. The minimum absolute atomic E-state index is 0.0236. The van der Waals surface area contributed by atoms with Crippen LogP contribution in [0.5, 0.6) is 0 Å². The Morgan fingerprint density at radius 1 is 1.00 bits per heavy atom. The monoisotopic (exact) mass is 481 g/mol. The molecule has 2 amide bonds. The molecule has 2 aromatic carbocycles. The fourth-order valence-electron chi connectivity index (χ4n) is 4.45. The van der Waals surface area contributed by atoms with Crippen molar-refractivity contribution >= 4 is 18.0 Å². The normalized spacial score (nSPS) is 14.2. The van der Waals surface area contributed by atoms with Gasteiger partial charge in [0.05, 0.1) is 0 Å². The summed E-state index contributed by atoms with van der Waals surface area (Å²) in [4.78, 5) is 38.1. The summed E-state index contributed by atoms with van der Waals surface area (Å²) >= 11 is 0. The molecule has 8 heteroatoms. The molecular formula is C27H35N3O5. The number of amides is 2. The summed E-state index contributed by atoms with van der Waals surface area (Å²) in [7, 11) is 3.49. The van der Waals surface area contributed by atoms with Crippen LogP contribution in [0.3, 0.4) is 0 Å². The predicted octanol–water partition coefficient (Wildman–Crippen LogP) is 3.32. The average molecular weight is 482 g/mol. The minimum atomic E-state index is -1.08. The zero-order valence-electron chi connectivity index (χ0n) is 20.8. The van der Waals surface area contributed by atoms with Crippen LogP contribution in [0.4, 0.5) is 4.79 Å². The third kappa shape index (κ3) is 6.82. The molecule has 2 aromatic rings. The molecule has 0 saturated carbocycles. The maximum Gasteiger partial charge on any atom is 0.407 e. The lowest BCUT2D eigenvalue weighted by molar-refractivity contribution is -0.142. The quantitative estimate of drug-likeness (QED) is 0.454. The van der Waals surface area contributed by atoms with Crippen molar-refractivity contribution in [2.45, 2.75) is 32.2 Å². The number of ether oxygens (including phenoxy) is 1. The Morgan fingerprint density at radius 3 is 2.09 bits per heavy atom. The molecule has 0 aromatic heterocycles. The van der Waals surface area contributed by atoms with Gasteiger partial charge in [0.25, 0.3) is 0 Å². The van der Waals surface area contributed by atoms with E-state index >= 15 is 0 Å². The Morgan fingerprint density at radius 2 is 1.57 bits per heavy atom. The molecule has 0 bridgehead atoms. The topological polar surface area (TPSA) is 108 Å². The molecule has 0 radical (unpaired) electrons. The number of carbonyl (C=O) groups excluding carboxylic acids is 2. The first-order valence-electron chi connectivity index (χ1n) is 11.9. The maximum absolute atomic E-state index is 12.5. The number of carboxylic acids is 1. The van der Waals surface area contributed by atoms with Crippen molar-refractivity contribution in [3.05, 3.63) is 59.7 Å². The van der Waals surface area contributed by atoms with E-state index in [9.17, 15) is 19.5 Å². The summed E-state index contributed by atoms with van der Waals surface area (Å²) < 4.78 is 5.58. The van der Waals surface area contributed by atoms with Gasteiger partial charge in [0, 0.05) is 25.4 Å². The lowest BCUT2D eigenvalue weighted by atomic mass is 9.92. The van der Waals surface area contributed by atoms with E-state index in [0.29, 0.717) is 0 Å². The second-order valence-corrected chi connectivity index (χ2v) is 9.64. The third-order valence-corrected chi connectivity index (χ3v) is 6.42. The van der Waals surface area contributed by atoms with Crippen molar-refractivity contribution < 1.29 is 24.2 Å². The highest BCUT2D eigenvalue weighted by Gasteiger charge is 2.29. The second kappa shape index (κ2) is 11.8. The van der Waals surface area contributed by atoms with Crippen LogP contribution < -0.4 is 10.6 Å². The summed E-state index contributed by atoms with van der Waals surface area (Å²) in [6.45, 7) is 4.60. The lowest BCUT2D eigenvalue weighted by Gasteiger charge is -2.23. The Kier molecular flexibility index (Phi) is 8.87. The first-order valence-corrected chi connectivity index (χ1v) is 11.9. The van der Waals surface area contributed by atoms with E-state index in [1.54, 1.807) is 19.0 Å². The van der Waals surface area contributed by atoms with Crippen LogP contribution in [0, 0.1) is 11.8 Å². The molecule has 0 heterocycles. The predicted molar refractivity (Wildman–Crippen MR) is 134 cm³/mol. The Balaban J connectivity index is 1.53.